The second kappa shape index (κ2) is 14.8. The fraction of sp³-hybridized carbons (Fsp3) is 0.448. The van der Waals surface area contributed by atoms with E-state index in [9.17, 15) is 26.4 Å². The summed E-state index contributed by atoms with van der Waals surface area (Å²) in [6.45, 7) is 6.91. The summed E-state index contributed by atoms with van der Waals surface area (Å²) in [5.74, 6) is -2.19. The molecule has 1 aliphatic heterocycles. The first-order valence-electron chi connectivity index (χ1n) is 13.9. The Bertz CT molecular complexity index is 1570. The second-order valence-electron chi connectivity index (χ2n) is 10.7. The van der Waals surface area contributed by atoms with Crippen LogP contribution in [0, 0.1) is 13.8 Å². The Hall–Kier alpha value is -4.02. The smallest absolute Gasteiger partial charge is 0.470 e. The number of ether oxygens (including phenoxy) is 1. The minimum atomic E-state index is -4.86. The van der Waals surface area contributed by atoms with Crippen LogP contribution in [0.3, 0.4) is 0 Å². The standard InChI is InChI=1S/C27H35N5O5S.C2H2F3NO/c1-19-14-23(36-5)15-20(2)25(19)38(34,35)31(4)18-24-28-26(37-29-24)27(33)30(3)16-21-8-10-22(11-9-21)17-32-12-6-7-13-32;3-2(4,5)1(6)7/h8-11,14-15H,6-7,12-13,16-18H2,1-5H3;(H2,6,7). The van der Waals surface area contributed by atoms with Gasteiger partial charge in [-0.05, 0) is 74.2 Å². The molecule has 2 aromatic carbocycles. The zero-order valence-corrected chi connectivity index (χ0v) is 26.5. The van der Waals surface area contributed by atoms with E-state index in [2.05, 4.69) is 32.9 Å². The van der Waals surface area contributed by atoms with Gasteiger partial charge in [0.2, 0.25) is 10.0 Å². The normalized spacial score (nSPS) is 13.8. The Kier molecular flexibility index (Phi) is 11.7. The molecule has 0 spiro atoms. The molecule has 1 aliphatic rings. The molecule has 1 fully saturated rings. The molecule has 0 saturated carbocycles. The summed E-state index contributed by atoms with van der Waals surface area (Å²) in [5, 5.41) is 3.84. The van der Waals surface area contributed by atoms with Crippen molar-refractivity contribution in [3.63, 3.8) is 0 Å². The fourth-order valence-electron chi connectivity index (χ4n) is 4.74. The number of methoxy groups -OCH3 is 1. The fourth-order valence-corrected chi connectivity index (χ4v) is 6.27. The molecule has 0 atom stereocenters. The average Bonchev–Trinajstić information content (AvgIpc) is 3.65. The monoisotopic (exact) mass is 654 g/mol. The van der Waals surface area contributed by atoms with Crippen LogP contribution < -0.4 is 10.5 Å². The molecule has 0 radical (unpaired) electrons. The van der Waals surface area contributed by atoms with Gasteiger partial charge >= 0.3 is 23.9 Å². The summed E-state index contributed by atoms with van der Waals surface area (Å²) >= 11 is 0. The van der Waals surface area contributed by atoms with E-state index in [-0.39, 0.29) is 23.2 Å². The van der Waals surface area contributed by atoms with Gasteiger partial charge in [0.05, 0.1) is 18.6 Å². The molecule has 2 amide bonds. The molecule has 0 aliphatic carbocycles. The highest BCUT2D eigenvalue weighted by Gasteiger charge is 2.35. The maximum atomic E-state index is 13.3. The SMILES string of the molecule is COc1cc(C)c(S(=O)(=O)N(C)Cc2noc(C(=O)N(C)Cc3ccc(CN4CCCC4)cc3)n2)c(C)c1.NC(=O)C(F)(F)F. The number of sulfonamides is 1. The minimum absolute atomic E-state index is 0.0999. The minimum Gasteiger partial charge on any atom is -0.497 e. The Morgan fingerprint density at radius 1 is 1.02 bits per heavy atom. The number of carbonyl (C=O) groups excluding carboxylic acids is 2. The maximum absolute atomic E-state index is 13.3. The summed E-state index contributed by atoms with van der Waals surface area (Å²) in [6, 6.07) is 11.6. The third-order valence-electron chi connectivity index (χ3n) is 7.03. The van der Waals surface area contributed by atoms with E-state index < -0.39 is 28.0 Å². The van der Waals surface area contributed by atoms with Crippen molar-refractivity contribution in [3.05, 3.63) is 70.4 Å². The van der Waals surface area contributed by atoms with E-state index in [1.807, 2.05) is 12.1 Å². The summed E-state index contributed by atoms with van der Waals surface area (Å²) in [5.41, 5.74) is 7.19. The summed E-state index contributed by atoms with van der Waals surface area (Å²) in [4.78, 5) is 30.3. The molecule has 2 N–H and O–H groups in total. The van der Waals surface area contributed by atoms with Crippen LogP contribution in [-0.2, 0) is 34.5 Å². The van der Waals surface area contributed by atoms with Gasteiger partial charge in [-0.1, -0.05) is 29.4 Å². The number of carbonyl (C=O) groups is 2. The van der Waals surface area contributed by atoms with Gasteiger partial charge in [0, 0.05) is 27.2 Å². The van der Waals surface area contributed by atoms with Gasteiger partial charge in [0.15, 0.2) is 5.82 Å². The molecule has 1 saturated heterocycles. The molecule has 12 nitrogen and oxygen atoms in total. The maximum Gasteiger partial charge on any atom is 0.470 e. The zero-order valence-electron chi connectivity index (χ0n) is 25.7. The molecule has 3 aromatic rings. The summed E-state index contributed by atoms with van der Waals surface area (Å²) < 4.78 is 70.2. The van der Waals surface area contributed by atoms with Crippen molar-refractivity contribution in [1.82, 2.24) is 24.2 Å². The highest BCUT2D eigenvalue weighted by Crippen LogP contribution is 2.28. The third-order valence-corrected chi connectivity index (χ3v) is 9.14. The topological polar surface area (TPSA) is 152 Å². The van der Waals surface area contributed by atoms with E-state index in [0.29, 0.717) is 23.4 Å². The lowest BCUT2D eigenvalue weighted by molar-refractivity contribution is -0.169. The quantitative estimate of drug-likeness (QED) is 0.347. The molecule has 0 unspecified atom stereocenters. The van der Waals surface area contributed by atoms with Gasteiger partial charge in [-0.25, -0.2) is 8.42 Å². The Morgan fingerprint density at radius 3 is 2.07 bits per heavy atom. The first-order valence-corrected chi connectivity index (χ1v) is 15.3. The molecular formula is C29H37F3N6O6S. The van der Waals surface area contributed by atoms with E-state index in [1.54, 1.807) is 33.0 Å². The molecule has 246 valence electrons. The van der Waals surface area contributed by atoms with Crippen molar-refractivity contribution >= 4 is 21.8 Å². The van der Waals surface area contributed by atoms with Gasteiger partial charge in [-0.3, -0.25) is 14.5 Å². The van der Waals surface area contributed by atoms with Gasteiger partial charge < -0.3 is 19.9 Å². The largest absolute Gasteiger partial charge is 0.497 e. The second-order valence-corrected chi connectivity index (χ2v) is 12.7. The number of alkyl halides is 3. The number of primary amides is 1. The van der Waals surface area contributed by atoms with Crippen LogP contribution in [0.15, 0.2) is 45.8 Å². The van der Waals surface area contributed by atoms with Crippen LogP contribution in [0.1, 0.15) is 51.6 Å². The number of rotatable bonds is 10. The van der Waals surface area contributed by atoms with Crippen molar-refractivity contribution in [2.24, 2.45) is 5.73 Å². The van der Waals surface area contributed by atoms with E-state index in [1.165, 1.54) is 37.5 Å². The van der Waals surface area contributed by atoms with Crippen LogP contribution in [0.2, 0.25) is 0 Å². The molecule has 16 heteroatoms. The molecule has 1 aromatic heterocycles. The van der Waals surface area contributed by atoms with Crippen LogP contribution in [-0.4, -0.2) is 84.9 Å². The predicted molar refractivity (Wildman–Crippen MR) is 157 cm³/mol. The summed E-state index contributed by atoms with van der Waals surface area (Å²) in [7, 11) is 0.793. The van der Waals surface area contributed by atoms with E-state index >= 15 is 0 Å². The molecule has 4 rings (SSSR count). The Morgan fingerprint density at radius 2 is 1.56 bits per heavy atom. The van der Waals surface area contributed by atoms with Crippen LogP contribution >= 0.6 is 0 Å². The van der Waals surface area contributed by atoms with Gasteiger partial charge in [0.25, 0.3) is 0 Å². The van der Waals surface area contributed by atoms with Crippen molar-refractivity contribution in [3.8, 4) is 5.75 Å². The van der Waals surface area contributed by atoms with Gasteiger partial charge in [-0.2, -0.15) is 22.5 Å². The first kappa shape index (κ1) is 35.5. The highest BCUT2D eigenvalue weighted by molar-refractivity contribution is 7.89. The van der Waals surface area contributed by atoms with Crippen LogP contribution in [0.5, 0.6) is 5.75 Å². The molecule has 0 bridgehead atoms. The summed E-state index contributed by atoms with van der Waals surface area (Å²) in [6.07, 6.45) is -2.34. The number of nitrogens with two attached hydrogens (primary N) is 1. The lowest BCUT2D eigenvalue weighted by Crippen LogP contribution is -2.30. The molecule has 45 heavy (non-hydrogen) atoms. The van der Waals surface area contributed by atoms with Gasteiger partial charge in [-0.15, -0.1) is 0 Å². The number of likely N-dealkylation sites (tertiary alicyclic amines) is 1. The number of benzene rings is 2. The van der Waals surface area contributed by atoms with E-state index in [0.717, 1.165) is 29.5 Å². The zero-order chi connectivity index (χ0) is 33.5. The van der Waals surface area contributed by atoms with Crippen LogP contribution in [0.4, 0.5) is 13.2 Å². The van der Waals surface area contributed by atoms with Crippen molar-refractivity contribution < 1.29 is 40.4 Å². The lowest BCUT2D eigenvalue weighted by Gasteiger charge is -2.19. The predicted octanol–water partition coefficient (Wildman–Crippen LogP) is 3.42. The molecular weight excluding hydrogens is 617 g/mol. The third kappa shape index (κ3) is 9.48. The number of hydrogen-bond donors (Lipinski definition) is 1. The number of halogens is 3. The van der Waals surface area contributed by atoms with Crippen molar-refractivity contribution in [1.29, 1.82) is 0 Å². The number of nitrogens with zero attached hydrogens (tertiary/aromatic N) is 5. The van der Waals surface area contributed by atoms with Crippen molar-refractivity contribution in [2.45, 2.75) is 57.4 Å². The number of amides is 2. The first-order chi connectivity index (χ1) is 21.0. The van der Waals surface area contributed by atoms with Crippen LogP contribution in [0.25, 0.3) is 0 Å². The average molecular weight is 655 g/mol. The lowest BCUT2D eigenvalue weighted by atomic mass is 10.1. The number of hydrogen-bond acceptors (Lipinski definition) is 9. The Balaban J connectivity index is 0.000000707. The van der Waals surface area contributed by atoms with Crippen molar-refractivity contribution in [2.75, 3.05) is 34.3 Å². The Labute approximate surface area is 260 Å². The molecule has 2 heterocycles. The number of aryl methyl sites for hydroxylation is 2. The number of aromatic nitrogens is 2. The highest BCUT2D eigenvalue weighted by atomic mass is 32.2. The van der Waals surface area contributed by atoms with E-state index in [4.69, 9.17) is 14.1 Å². The van der Waals surface area contributed by atoms with Gasteiger partial charge in [0.1, 0.15) is 5.75 Å².